The van der Waals surface area contributed by atoms with E-state index in [0.717, 1.165) is 22.8 Å². The standard InChI is InChI=1S/C19H28N4O3/c1-20-19(22-13-16(23(2)3)17-7-6-10-26-17)21-12-14-8-9-15(24-4)11-18(14)25-5/h6-11,16H,12-13H2,1-5H3,(H2,20,21,22). The van der Waals surface area contributed by atoms with Crippen molar-refractivity contribution < 1.29 is 13.9 Å². The number of furan rings is 1. The van der Waals surface area contributed by atoms with Crippen molar-refractivity contribution in [2.75, 3.05) is 41.9 Å². The Balaban J connectivity index is 1.95. The van der Waals surface area contributed by atoms with E-state index in [-0.39, 0.29) is 6.04 Å². The molecule has 0 fully saturated rings. The molecule has 26 heavy (non-hydrogen) atoms. The number of rotatable bonds is 8. The largest absolute Gasteiger partial charge is 0.497 e. The zero-order chi connectivity index (χ0) is 18.9. The first kappa shape index (κ1) is 19.7. The third kappa shape index (κ3) is 5.16. The van der Waals surface area contributed by atoms with E-state index in [1.807, 2.05) is 44.4 Å². The normalized spacial score (nSPS) is 12.8. The molecule has 0 bridgehead atoms. The van der Waals surface area contributed by atoms with Crippen LogP contribution in [0.25, 0.3) is 0 Å². The minimum absolute atomic E-state index is 0.110. The summed E-state index contributed by atoms with van der Waals surface area (Å²) in [4.78, 5) is 6.39. The molecule has 1 aromatic carbocycles. The maximum atomic E-state index is 5.53. The molecular weight excluding hydrogens is 332 g/mol. The summed E-state index contributed by atoms with van der Waals surface area (Å²) in [5.41, 5.74) is 1.02. The average molecular weight is 360 g/mol. The lowest BCUT2D eigenvalue weighted by atomic mass is 10.2. The number of benzene rings is 1. The lowest BCUT2D eigenvalue weighted by Gasteiger charge is -2.23. The number of nitrogens with zero attached hydrogens (tertiary/aromatic N) is 2. The van der Waals surface area contributed by atoms with Gasteiger partial charge in [-0.05, 0) is 38.4 Å². The van der Waals surface area contributed by atoms with E-state index in [9.17, 15) is 0 Å². The first-order valence-corrected chi connectivity index (χ1v) is 8.44. The highest BCUT2D eigenvalue weighted by Crippen LogP contribution is 2.24. The molecule has 1 unspecified atom stereocenters. The van der Waals surface area contributed by atoms with Crippen LogP contribution in [-0.2, 0) is 6.54 Å². The Morgan fingerprint density at radius 1 is 1.19 bits per heavy atom. The molecule has 2 N–H and O–H groups in total. The summed E-state index contributed by atoms with van der Waals surface area (Å²) in [7, 11) is 9.08. The molecule has 7 heteroatoms. The molecule has 0 aliphatic carbocycles. The van der Waals surface area contributed by atoms with Gasteiger partial charge in [0.15, 0.2) is 5.96 Å². The van der Waals surface area contributed by atoms with E-state index in [0.29, 0.717) is 19.0 Å². The van der Waals surface area contributed by atoms with E-state index in [2.05, 4.69) is 20.5 Å². The monoisotopic (exact) mass is 360 g/mol. The summed E-state index contributed by atoms with van der Waals surface area (Å²) in [6.45, 7) is 1.25. The summed E-state index contributed by atoms with van der Waals surface area (Å²) in [6, 6.07) is 9.74. The maximum absolute atomic E-state index is 5.53. The number of likely N-dealkylation sites (N-methyl/N-ethyl adjacent to an activating group) is 1. The van der Waals surface area contributed by atoms with Gasteiger partial charge in [-0.1, -0.05) is 0 Å². The number of aliphatic imine (C=N–C) groups is 1. The second-order valence-corrected chi connectivity index (χ2v) is 5.98. The molecule has 1 atom stereocenters. The average Bonchev–Trinajstić information content (AvgIpc) is 3.18. The van der Waals surface area contributed by atoms with Gasteiger partial charge < -0.3 is 24.5 Å². The van der Waals surface area contributed by atoms with E-state index in [4.69, 9.17) is 13.9 Å². The first-order valence-electron chi connectivity index (χ1n) is 8.44. The van der Waals surface area contributed by atoms with Gasteiger partial charge in [-0.2, -0.15) is 0 Å². The van der Waals surface area contributed by atoms with Crippen molar-refractivity contribution in [3.05, 3.63) is 47.9 Å². The van der Waals surface area contributed by atoms with Crippen molar-refractivity contribution >= 4 is 5.96 Å². The molecule has 0 aliphatic rings. The van der Waals surface area contributed by atoms with Crippen LogP contribution >= 0.6 is 0 Å². The first-order chi connectivity index (χ1) is 12.6. The maximum Gasteiger partial charge on any atom is 0.191 e. The van der Waals surface area contributed by atoms with E-state index in [1.165, 1.54) is 0 Å². The van der Waals surface area contributed by atoms with Gasteiger partial charge in [-0.15, -0.1) is 0 Å². The van der Waals surface area contributed by atoms with Gasteiger partial charge in [-0.3, -0.25) is 9.89 Å². The van der Waals surface area contributed by atoms with Crippen molar-refractivity contribution in [1.82, 2.24) is 15.5 Å². The van der Waals surface area contributed by atoms with E-state index >= 15 is 0 Å². The number of methoxy groups -OCH3 is 2. The fourth-order valence-corrected chi connectivity index (χ4v) is 2.61. The zero-order valence-corrected chi connectivity index (χ0v) is 16.1. The Hall–Kier alpha value is -2.67. The van der Waals surface area contributed by atoms with Crippen LogP contribution in [0.2, 0.25) is 0 Å². The molecule has 7 nitrogen and oxygen atoms in total. The number of nitrogens with one attached hydrogen (secondary N) is 2. The zero-order valence-electron chi connectivity index (χ0n) is 16.1. The highest BCUT2D eigenvalue weighted by molar-refractivity contribution is 5.79. The number of guanidine groups is 1. The van der Waals surface area contributed by atoms with E-state index < -0.39 is 0 Å². The van der Waals surface area contributed by atoms with Crippen molar-refractivity contribution in [1.29, 1.82) is 0 Å². The van der Waals surface area contributed by atoms with Gasteiger partial charge in [0.2, 0.25) is 0 Å². The molecule has 0 saturated heterocycles. The number of hydrogen-bond acceptors (Lipinski definition) is 5. The van der Waals surface area contributed by atoms with Crippen LogP contribution in [0.4, 0.5) is 0 Å². The van der Waals surface area contributed by atoms with Crippen LogP contribution in [0.5, 0.6) is 11.5 Å². The van der Waals surface area contributed by atoms with Crippen molar-refractivity contribution in [2.45, 2.75) is 12.6 Å². The number of hydrogen-bond donors (Lipinski definition) is 2. The highest BCUT2D eigenvalue weighted by atomic mass is 16.5. The quantitative estimate of drug-likeness (QED) is 0.556. The van der Waals surface area contributed by atoms with Crippen LogP contribution in [0.15, 0.2) is 46.0 Å². The Morgan fingerprint density at radius 2 is 2.00 bits per heavy atom. The number of ether oxygens (including phenoxy) is 2. The minimum atomic E-state index is 0.110. The van der Waals surface area contributed by atoms with Crippen LogP contribution in [0, 0.1) is 0 Å². The van der Waals surface area contributed by atoms with E-state index in [1.54, 1.807) is 27.5 Å². The van der Waals surface area contributed by atoms with Crippen molar-refractivity contribution in [3.8, 4) is 11.5 Å². The molecule has 2 aromatic rings. The van der Waals surface area contributed by atoms with Crippen molar-refractivity contribution in [2.24, 2.45) is 4.99 Å². The minimum Gasteiger partial charge on any atom is -0.497 e. The smallest absolute Gasteiger partial charge is 0.191 e. The molecule has 0 saturated carbocycles. The van der Waals surface area contributed by atoms with Gasteiger partial charge in [0.1, 0.15) is 17.3 Å². The van der Waals surface area contributed by atoms with Crippen molar-refractivity contribution in [3.63, 3.8) is 0 Å². The summed E-state index contributed by atoms with van der Waals surface area (Å²) in [5, 5.41) is 6.65. The Morgan fingerprint density at radius 3 is 2.58 bits per heavy atom. The highest BCUT2D eigenvalue weighted by Gasteiger charge is 2.17. The Kier molecular flexibility index (Phi) is 7.35. The van der Waals surface area contributed by atoms with Gasteiger partial charge in [0.05, 0.1) is 26.5 Å². The van der Waals surface area contributed by atoms with Gasteiger partial charge in [0.25, 0.3) is 0 Å². The van der Waals surface area contributed by atoms with Crippen LogP contribution < -0.4 is 20.1 Å². The predicted octanol–water partition coefficient (Wildman–Crippen LogP) is 2.26. The molecular formula is C19H28N4O3. The summed E-state index contributed by atoms with van der Waals surface area (Å²) >= 11 is 0. The second-order valence-electron chi connectivity index (χ2n) is 5.98. The summed E-state index contributed by atoms with van der Waals surface area (Å²) < 4.78 is 16.2. The van der Waals surface area contributed by atoms with Crippen LogP contribution in [0.1, 0.15) is 17.4 Å². The molecule has 142 valence electrons. The molecule has 0 spiro atoms. The molecule has 1 aromatic heterocycles. The molecule has 2 rings (SSSR count). The lowest BCUT2D eigenvalue weighted by molar-refractivity contribution is 0.258. The van der Waals surface area contributed by atoms with Gasteiger partial charge in [-0.25, -0.2) is 0 Å². The summed E-state index contributed by atoms with van der Waals surface area (Å²) in [6.07, 6.45) is 1.69. The molecule has 0 aliphatic heterocycles. The van der Waals surface area contributed by atoms with Gasteiger partial charge in [0, 0.05) is 31.8 Å². The fourth-order valence-electron chi connectivity index (χ4n) is 2.61. The fraction of sp³-hybridized carbons (Fsp3) is 0.421. The molecule has 0 radical (unpaired) electrons. The van der Waals surface area contributed by atoms with Crippen LogP contribution in [-0.4, -0.2) is 52.8 Å². The second kappa shape index (κ2) is 9.72. The van der Waals surface area contributed by atoms with Crippen LogP contribution in [0.3, 0.4) is 0 Å². The Labute approximate surface area is 155 Å². The SMILES string of the molecule is CN=C(NCc1ccc(OC)cc1OC)NCC(c1ccco1)N(C)C. The molecule has 1 heterocycles. The lowest BCUT2D eigenvalue weighted by Crippen LogP contribution is -2.41. The topological polar surface area (TPSA) is 71.3 Å². The Bertz CT molecular complexity index is 699. The third-order valence-corrected chi connectivity index (χ3v) is 4.12. The van der Waals surface area contributed by atoms with Gasteiger partial charge >= 0.3 is 0 Å². The molecule has 0 amide bonds. The predicted molar refractivity (Wildman–Crippen MR) is 103 cm³/mol. The third-order valence-electron chi connectivity index (χ3n) is 4.12. The summed E-state index contributed by atoms with van der Waals surface area (Å²) in [5.74, 6) is 3.16.